The first-order chi connectivity index (χ1) is 7.15. The maximum absolute atomic E-state index is 13.1. The van der Waals surface area contributed by atoms with Crippen molar-refractivity contribution in [3.05, 3.63) is 42.1 Å². The third kappa shape index (κ3) is 2.12. The lowest BCUT2D eigenvalue weighted by atomic mass is 10.3. The zero-order chi connectivity index (χ0) is 10.8. The Bertz CT molecular complexity index is 482. The van der Waals surface area contributed by atoms with Gasteiger partial charge in [-0.2, -0.15) is 0 Å². The van der Waals surface area contributed by atoms with Crippen LogP contribution in [0.15, 0.2) is 30.5 Å². The highest BCUT2D eigenvalue weighted by atomic mass is 19.1. The number of hydrogen-bond donors (Lipinski definition) is 0. The molecule has 2 aromatic rings. The molecule has 0 radical (unpaired) electrons. The number of nitrogens with zero attached hydrogens (tertiary/aromatic N) is 2. The Morgan fingerprint density at radius 2 is 2.07 bits per heavy atom. The molecule has 2 rings (SSSR count). The van der Waals surface area contributed by atoms with Crippen molar-refractivity contribution >= 4 is 0 Å². The smallest absolute Gasteiger partial charge is 0.238 e. The van der Waals surface area contributed by atoms with E-state index in [1.54, 1.807) is 19.3 Å². The third-order valence-electron chi connectivity index (χ3n) is 1.80. The molecular weight excluding hydrogens is 202 g/mol. The van der Waals surface area contributed by atoms with Crippen LogP contribution in [-0.4, -0.2) is 9.78 Å². The minimum absolute atomic E-state index is 0.0462. The average molecular weight is 210 g/mol. The summed E-state index contributed by atoms with van der Waals surface area (Å²) in [4.78, 5) is 0. The van der Waals surface area contributed by atoms with Crippen molar-refractivity contribution in [2.75, 3.05) is 0 Å². The summed E-state index contributed by atoms with van der Waals surface area (Å²) in [5.74, 6) is -1.17. The van der Waals surface area contributed by atoms with E-state index in [-0.39, 0.29) is 11.6 Å². The van der Waals surface area contributed by atoms with Crippen LogP contribution >= 0.6 is 0 Å². The van der Waals surface area contributed by atoms with Gasteiger partial charge in [-0.1, -0.05) is 0 Å². The molecule has 0 unspecified atom stereocenters. The molecule has 15 heavy (non-hydrogen) atoms. The van der Waals surface area contributed by atoms with E-state index in [2.05, 4.69) is 5.10 Å². The van der Waals surface area contributed by atoms with Crippen molar-refractivity contribution in [3.8, 4) is 11.6 Å². The second-order valence-electron chi connectivity index (χ2n) is 3.00. The summed E-state index contributed by atoms with van der Waals surface area (Å²) >= 11 is 0. The first kappa shape index (κ1) is 9.64. The van der Waals surface area contributed by atoms with Gasteiger partial charge in [0.05, 0.1) is 0 Å². The maximum Gasteiger partial charge on any atom is 0.238 e. The fourth-order valence-electron chi connectivity index (χ4n) is 1.12. The van der Waals surface area contributed by atoms with Crippen molar-refractivity contribution in [1.82, 2.24) is 9.78 Å². The highest BCUT2D eigenvalue weighted by Crippen LogP contribution is 2.23. The number of aromatic nitrogens is 2. The molecule has 1 aromatic heterocycles. The van der Waals surface area contributed by atoms with E-state index in [9.17, 15) is 8.78 Å². The topological polar surface area (TPSA) is 27.1 Å². The first-order valence-electron chi connectivity index (χ1n) is 4.28. The monoisotopic (exact) mass is 210 g/mol. The van der Waals surface area contributed by atoms with E-state index in [0.717, 1.165) is 12.1 Å². The number of benzene rings is 1. The highest BCUT2D eigenvalue weighted by Gasteiger charge is 2.07. The molecule has 1 aromatic carbocycles. The van der Waals surface area contributed by atoms with Gasteiger partial charge in [0.25, 0.3) is 0 Å². The summed E-state index contributed by atoms with van der Waals surface area (Å²) in [5.41, 5.74) is 0. The number of halogens is 2. The summed E-state index contributed by atoms with van der Waals surface area (Å²) in [7, 11) is 1.72. The summed E-state index contributed by atoms with van der Waals surface area (Å²) in [5, 5.41) is 3.90. The van der Waals surface area contributed by atoms with Gasteiger partial charge in [0.1, 0.15) is 5.82 Å². The zero-order valence-electron chi connectivity index (χ0n) is 7.95. The predicted molar refractivity (Wildman–Crippen MR) is 49.6 cm³/mol. The van der Waals surface area contributed by atoms with E-state index in [1.165, 1.54) is 10.7 Å². The number of aryl methyl sites for hydroxylation is 1. The summed E-state index contributed by atoms with van der Waals surface area (Å²) in [6.07, 6.45) is 1.66. The van der Waals surface area contributed by atoms with Gasteiger partial charge < -0.3 is 4.74 Å². The molecule has 0 saturated carbocycles. The van der Waals surface area contributed by atoms with Crippen LogP contribution in [0.4, 0.5) is 8.78 Å². The van der Waals surface area contributed by atoms with Gasteiger partial charge in [0.2, 0.25) is 5.88 Å². The Hall–Kier alpha value is -1.91. The largest absolute Gasteiger partial charge is 0.434 e. The molecule has 0 aliphatic carbocycles. The summed E-state index contributed by atoms with van der Waals surface area (Å²) in [6.45, 7) is 0. The van der Waals surface area contributed by atoms with Crippen LogP contribution in [0.1, 0.15) is 0 Å². The molecule has 0 spiro atoms. The Kier molecular flexibility index (Phi) is 2.37. The molecule has 0 fully saturated rings. The van der Waals surface area contributed by atoms with Crippen LogP contribution in [0.5, 0.6) is 11.6 Å². The van der Waals surface area contributed by atoms with Gasteiger partial charge in [0, 0.05) is 25.4 Å². The van der Waals surface area contributed by atoms with E-state index >= 15 is 0 Å². The van der Waals surface area contributed by atoms with Gasteiger partial charge >= 0.3 is 0 Å². The van der Waals surface area contributed by atoms with E-state index < -0.39 is 11.6 Å². The highest BCUT2D eigenvalue weighted by molar-refractivity contribution is 5.28. The van der Waals surface area contributed by atoms with E-state index in [0.29, 0.717) is 0 Å². The number of hydrogen-bond acceptors (Lipinski definition) is 2. The van der Waals surface area contributed by atoms with Crippen LogP contribution in [0.3, 0.4) is 0 Å². The molecule has 5 heteroatoms. The number of ether oxygens (including phenoxy) is 1. The summed E-state index contributed by atoms with van der Waals surface area (Å²) < 4.78 is 32.4. The van der Waals surface area contributed by atoms with Crippen molar-refractivity contribution in [2.24, 2.45) is 7.05 Å². The quantitative estimate of drug-likeness (QED) is 0.761. The normalized spacial score (nSPS) is 10.3. The molecular formula is C10H8F2N2O. The standard InChI is InChI=1S/C10H8F2N2O/c1-14-5-4-10(13-14)15-9-3-2-7(11)6-8(9)12/h2-6H,1H3. The molecule has 0 aliphatic heterocycles. The molecule has 3 nitrogen and oxygen atoms in total. The Balaban J connectivity index is 2.24. The molecule has 0 saturated heterocycles. The lowest BCUT2D eigenvalue weighted by molar-refractivity contribution is 0.418. The lowest BCUT2D eigenvalue weighted by Gasteiger charge is -2.02. The minimum Gasteiger partial charge on any atom is -0.434 e. The van der Waals surface area contributed by atoms with Gasteiger partial charge in [-0.25, -0.2) is 8.78 Å². The molecule has 78 valence electrons. The van der Waals surface area contributed by atoms with E-state index in [1.807, 2.05) is 0 Å². The Labute approximate surface area is 84.9 Å². The predicted octanol–water partition coefficient (Wildman–Crippen LogP) is 2.49. The van der Waals surface area contributed by atoms with Crippen molar-refractivity contribution < 1.29 is 13.5 Å². The first-order valence-corrected chi connectivity index (χ1v) is 4.28. The molecule has 0 amide bonds. The van der Waals surface area contributed by atoms with Crippen LogP contribution < -0.4 is 4.74 Å². The zero-order valence-corrected chi connectivity index (χ0v) is 7.95. The fraction of sp³-hybridized carbons (Fsp3) is 0.100. The van der Waals surface area contributed by atoms with Gasteiger partial charge in [-0.05, 0) is 12.1 Å². The Morgan fingerprint density at radius 1 is 1.27 bits per heavy atom. The van der Waals surface area contributed by atoms with Gasteiger partial charge in [0.15, 0.2) is 11.6 Å². The van der Waals surface area contributed by atoms with Crippen LogP contribution in [0.25, 0.3) is 0 Å². The van der Waals surface area contributed by atoms with Crippen LogP contribution in [-0.2, 0) is 7.05 Å². The van der Waals surface area contributed by atoms with Crippen molar-refractivity contribution in [3.63, 3.8) is 0 Å². The van der Waals surface area contributed by atoms with Gasteiger partial charge in [-0.3, -0.25) is 4.68 Å². The second-order valence-corrected chi connectivity index (χ2v) is 3.00. The molecule has 0 N–H and O–H groups in total. The number of rotatable bonds is 2. The molecule has 0 aliphatic rings. The lowest BCUT2D eigenvalue weighted by Crippen LogP contribution is -1.92. The van der Waals surface area contributed by atoms with E-state index in [4.69, 9.17) is 4.74 Å². The SMILES string of the molecule is Cn1ccc(Oc2ccc(F)cc2F)n1. The van der Waals surface area contributed by atoms with Crippen LogP contribution in [0.2, 0.25) is 0 Å². The van der Waals surface area contributed by atoms with Crippen LogP contribution in [0, 0.1) is 11.6 Å². The fourth-order valence-corrected chi connectivity index (χ4v) is 1.12. The third-order valence-corrected chi connectivity index (χ3v) is 1.80. The average Bonchev–Trinajstić information content (AvgIpc) is 2.56. The molecule has 0 atom stereocenters. The summed E-state index contributed by atoms with van der Waals surface area (Å²) in [6, 6.07) is 4.70. The van der Waals surface area contributed by atoms with Crippen molar-refractivity contribution in [1.29, 1.82) is 0 Å². The molecule has 1 heterocycles. The minimum atomic E-state index is -0.749. The molecule has 0 bridgehead atoms. The maximum atomic E-state index is 13.1. The van der Waals surface area contributed by atoms with Gasteiger partial charge in [-0.15, -0.1) is 5.10 Å². The second kappa shape index (κ2) is 3.68. The van der Waals surface area contributed by atoms with Crippen molar-refractivity contribution in [2.45, 2.75) is 0 Å². The Morgan fingerprint density at radius 3 is 2.67 bits per heavy atom.